The summed E-state index contributed by atoms with van der Waals surface area (Å²) < 4.78 is 0. The van der Waals surface area contributed by atoms with Crippen LogP contribution in [0.3, 0.4) is 0 Å². The van der Waals surface area contributed by atoms with E-state index in [1.807, 2.05) is 18.2 Å². The summed E-state index contributed by atoms with van der Waals surface area (Å²) >= 11 is 0. The van der Waals surface area contributed by atoms with E-state index in [9.17, 15) is 0 Å². The third kappa shape index (κ3) is 3.03. The molecule has 1 rings (SSSR count). The molecule has 0 aliphatic carbocycles. The Balaban J connectivity index is 2.73. The van der Waals surface area contributed by atoms with Gasteiger partial charge in [0.05, 0.1) is 6.61 Å². The number of aliphatic hydroxyl groups is 1. The number of aliphatic hydroxyl groups excluding tert-OH is 1. The van der Waals surface area contributed by atoms with Crippen LogP contribution in [-0.2, 0) is 0 Å². The van der Waals surface area contributed by atoms with Crippen molar-refractivity contribution in [1.29, 1.82) is 0 Å². The van der Waals surface area contributed by atoms with Crippen molar-refractivity contribution in [1.82, 2.24) is 0 Å². The number of rotatable bonds is 4. The smallest absolute Gasteiger partial charge is 0.0612 e. The van der Waals surface area contributed by atoms with Gasteiger partial charge in [0.15, 0.2) is 0 Å². The molecule has 1 aromatic rings. The van der Waals surface area contributed by atoms with Crippen molar-refractivity contribution in [3.8, 4) is 0 Å². The molecule has 0 spiro atoms. The molecule has 0 aliphatic rings. The molecule has 0 aromatic heterocycles. The maximum Gasteiger partial charge on any atom is 0.0612 e. The van der Waals surface area contributed by atoms with Crippen molar-refractivity contribution in [3.05, 3.63) is 48.0 Å². The van der Waals surface area contributed by atoms with Crippen LogP contribution in [0.25, 0.3) is 0 Å². The van der Waals surface area contributed by atoms with Gasteiger partial charge in [-0.25, -0.2) is 0 Å². The lowest BCUT2D eigenvalue weighted by Gasteiger charge is -2.09. The standard InChI is InChI=1S/C12H16O/c1-2-11(9-6-10-13)12-7-4-3-5-8-12/h3-9,11,13H,2,10H2,1H3. The van der Waals surface area contributed by atoms with Gasteiger partial charge >= 0.3 is 0 Å². The Kier molecular flexibility index (Phi) is 4.27. The highest BCUT2D eigenvalue weighted by molar-refractivity contribution is 5.23. The number of benzene rings is 1. The molecule has 0 radical (unpaired) electrons. The Morgan fingerprint density at radius 3 is 2.54 bits per heavy atom. The van der Waals surface area contributed by atoms with Crippen LogP contribution in [-0.4, -0.2) is 11.7 Å². The topological polar surface area (TPSA) is 20.2 Å². The van der Waals surface area contributed by atoms with Gasteiger partial charge in [0.1, 0.15) is 0 Å². The van der Waals surface area contributed by atoms with Crippen LogP contribution in [0.1, 0.15) is 24.8 Å². The Hall–Kier alpha value is -1.08. The number of allylic oxidation sites excluding steroid dienone is 1. The lowest BCUT2D eigenvalue weighted by molar-refractivity contribution is 0.342. The van der Waals surface area contributed by atoms with Crippen LogP contribution in [0, 0.1) is 0 Å². The molecule has 1 nitrogen and oxygen atoms in total. The van der Waals surface area contributed by atoms with Gasteiger partial charge in [-0.3, -0.25) is 0 Å². The zero-order valence-electron chi connectivity index (χ0n) is 7.98. The average molecular weight is 176 g/mol. The van der Waals surface area contributed by atoms with E-state index >= 15 is 0 Å². The molecule has 0 saturated carbocycles. The van der Waals surface area contributed by atoms with Gasteiger partial charge in [-0.1, -0.05) is 49.4 Å². The van der Waals surface area contributed by atoms with Crippen molar-refractivity contribution >= 4 is 0 Å². The lowest BCUT2D eigenvalue weighted by Crippen LogP contribution is -1.92. The van der Waals surface area contributed by atoms with Crippen molar-refractivity contribution in [3.63, 3.8) is 0 Å². The molecule has 1 atom stereocenters. The third-order valence-electron chi connectivity index (χ3n) is 2.14. The molecule has 0 saturated heterocycles. The normalized spacial score (nSPS) is 13.4. The number of hydrogen-bond acceptors (Lipinski definition) is 1. The van der Waals surface area contributed by atoms with Crippen molar-refractivity contribution < 1.29 is 5.11 Å². The van der Waals surface area contributed by atoms with E-state index in [2.05, 4.69) is 25.1 Å². The monoisotopic (exact) mass is 176 g/mol. The summed E-state index contributed by atoms with van der Waals surface area (Å²) in [6.07, 6.45) is 4.94. The van der Waals surface area contributed by atoms with Gasteiger partial charge in [0.2, 0.25) is 0 Å². The first-order valence-corrected chi connectivity index (χ1v) is 4.71. The maximum atomic E-state index is 8.67. The molecular weight excluding hydrogens is 160 g/mol. The molecule has 1 aromatic carbocycles. The minimum Gasteiger partial charge on any atom is -0.392 e. The highest BCUT2D eigenvalue weighted by Gasteiger charge is 2.02. The molecule has 1 heteroatoms. The van der Waals surface area contributed by atoms with E-state index in [1.165, 1.54) is 5.56 Å². The second-order valence-electron chi connectivity index (χ2n) is 3.04. The molecule has 13 heavy (non-hydrogen) atoms. The molecule has 0 bridgehead atoms. The molecule has 1 N–H and O–H groups in total. The molecule has 70 valence electrons. The van der Waals surface area contributed by atoms with Gasteiger partial charge < -0.3 is 5.11 Å². The summed E-state index contributed by atoms with van der Waals surface area (Å²) in [6, 6.07) is 10.4. The van der Waals surface area contributed by atoms with Gasteiger partial charge in [-0.2, -0.15) is 0 Å². The Bertz CT molecular complexity index is 251. The largest absolute Gasteiger partial charge is 0.392 e. The van der Waals surface area contributed by atoms with Crippen LogP contribution < -0.4 is 0 Å². The van der Waals surface area contributed by atoms with Crippen LogP contribution in [0.2, 0.25) is 0 Å². The summed E-state index contributed by atoms with van der Waals surface area (Å²) in [5.74, 6) is 0.438. The van der Waals surface area contributed by atoms with Gasteiger partial charge in [0.25, 0.3) is 0 Å². The summed E-state index contributed by atoms with van der Waals surface area (Å²) in [7, 11) is 0. The van der Waals surface area contributed by atoms with Gasteiger partial charge in [-0.15, -0.1) is 0 Å². The second-order valence-corrected chi connectivity index (χ2v) is 3.04. The van der Waals surface area contributed by atoms with E-state index in [-0.39, 0.29) is 6.61 Å². The Morgan fingerprint density at radius 2 is 2.00 bits per heavy atom. The van der Waals surface area contributed by atoms with Gasteiger partial charge in [0, 0.05) is 5.92 Å². The second kappa shape index (κ2) is 5.55. The molecule has 0 amide bonds. The maximum absolute atomic E-state index is 8.67. The highest BCUT2D eigenvalue weighted by Crippen LogP contribution is 2.19. The molecule has 1 unspecified atom stereocenters. The summed E-state index contributed by atoms with van der Waals surface area (Å²) in [5, 5.41) is 8.67. The molecular formula is C12H16O. The first-order chi connectivity index (χ1) is 6.38. The molecule has 0 fully saturated rings. The average Bonchev–Trinajstić information content (AvgIpc) is 2.21. The Morgan fingerprint density at radius 1 is 1.31 bits per heavy atom. The van der Waals surface area contributed by atoms with Crippen molar-refractivity contribution in [2.45, 2.75) is 19.3 Å². The van der Waals surface area contributed by atoms with Crippen molar-refractivity contribution in [2.75, 3.05) is 6.61 Å². The summed E-state index contributed by atoms with van der Waals surface area (Å²) in [6.45, 7) is 2.28. The predicted molar refractivity (Wildman–Crippen MR) is 55.7 cm³/mol. The highest BCUT2D eigenvalue weighted by atomic mass is 16.2. The van der Waals surface area contributed by atoms with E-state index in [0.717, 1.165) is 6.42 Å². The lowest BCUT2D eigenvalue weighted by atomic mass is 9.96. The quantitative estimate of drug-likeness (QED) is 0.699. The van der Waals surface area contributed by atoms with E-state index in [1.54, 1.807) is 6.08 Å². The van der Waals surface area contributed by atoms with Crippen molar-refractivity contribution in [2.24, 2.45) is 0 Å². The fourth-order valence-corrected chi connectivity index (χ4v) is 1.41. The molecule has 0 heterocycles. The summed E-state index contributed by atoms with van der Waals surface area (Å²) in [5.41, 5.74) is 1.31. The number of hydrogen-bond donors (Lipinski definition) is 1. The van der Waals surface area contributed by atoms with Crippen LogP contribution in [0.5, 0.6) is 0 Å². The predicted octanol–water partition coefficient (Wildman–Crippen LogP) is 2.73. The van der Waals surface area contributed by atoms with E-state index in [4.69, 9.17) is 5.11 Å². The van der Waals surface area contributed by atoms with Gasteiger partial charge in [-0.05, 0) is 12.0 Å². The fraction of sp³-hybridized carbons (Fsp3) is 0.333. The first-order valence-electron chi connectivity index (χ1n) is 4.71. The SMILES string of the molecule is CCC(C=CCO)c1ccccc1. The minimum absolute atomic E-state index is 0.128. The van der Waals surface area contributed by atoms with E-state index < -0.39 is 0 Å². The van der Waals surface area contributed by atoms with Crippen LogP contribution in [0.4, 0.5) is 0 Å². The minimum atomic E-state index is 0.128. The molecule has 0 aliphatic heterocycles. The fourth-order valence-electron chi connectivity index (χ4n) is 1.41. The first kappa shape index (κ1) is 10.0. The summed E-state index contributed by atoms with van der Waals surface area (Å²) in [4.78, 5) is 0. The van der Waals surface area contributed by atoms with E-state index in [0.29, 0.717) is 5.92 Å². The zero-order chi connectivity index (χ0) is 9.52. The zero-order valence-corrected chi connectivity index (χ0v) is 7.98. The van der Waals surface area contributed by atoms with Crippen LogP contribution in [0.15, 0.2) is 42.5 Å². The Labute approximate surface area is 79.7 Å². The third-order valence-corrected chi connectivity index (χ3v) is 2.14. The van der Waals surface area contributed by atoms with Crippen LogP contribution >= 0.6 is 0 Å².